The smallest absolute Gasteiger partial charge is 0.744 e. The molecule has 2 aromatic heterocycles. The van der Waals surface area contributed by atoms with Crippen molar-refractivity contribution >= 4 is 42.0 Å². The van der Waals surface area contributed by atoms with Crippen molar-refractivity contribution in [3.05, 3.63) is 60.9 Å². The van der Waals surface area contributed by atoms with Crippen LogP contribution in [0, 0.1) is 0 Å². The molecule has 0 bridgehead atoms. The second kappa shape index (κ2) is 11.2. The number of fused-ring (bicyclic) bond motifs is 2. The normalized spacial score (nSPS) is 11.1. The Kier molecular flexibility index (Phi) is 10.1. The van der Waals surface area contributed by atoms with E-state index < -0.39 is 20.2 Å². The van der Waals surface area contributed by atoms with Gasteiger partial charge in [0, 0.05) is 23.2 Å². The monoisotopic (exact) mass is 494 g/mol. The van der Waals surface area contributed by atoms with Crippen molar-refractivity contribution in [1.29, 1.82) is 0 Å². The van der Waals surface area contributed by atoms with Crippen molar-refractivity contribution < 1.29 is 95.3 Å². The molecule has 2 aromatic carbocycles. The van der Waals surface area contributed by atoms with Gasteiger partial charge in [0.15, 0.2) is 0 Å². The molecule has 0 aliphatic rings. The van der Waals surface area contributed by atoms with Gasteiger partial charge in [-0.3, -0.25) is 9.97 Å². The second-order valence-corrected chi connectivity index (χ2v) is 8.57. The van der Waals surface area contributed by atoms with E-state index in [2.05, 4.69) is 9.97 Å². The van der Waals surface area contributed by atoms with Crippen LogP contribution in [0.4, 0.5) is 0 Å². The van der Waals surface area contributed by atoms with Crippen LogP contribution >= 0.6 is 0 Å². The Morgan fingerprint density at radius 2 is 0.969 bits per heavy atom. The van der Waals surface area contributed by atoms with Crippen LogP contribution in [-0.2, 0) is 20.2 Å². The topological polar surface area (TPSA) is 181 Å². The number of aromatic nitrogens is 2. The molecule has 0 radical (unpaired) electrons. The molecule has 156 valence electrons. The fraction of sp³-hybridized carbons (Fsp3) is 0. The maximum absolute atomic E-state index is 10.9. The Hall–Kier alpha value is -1.32. The van der Waals surface area contributed by atoms with Crippen LogP contribution in [-0.4, -0.2) is 46.1 Å². The number of phenolic OH excluding ortho intramolecular Hbond substituents is 2. The molecular weight excluding hydrogens is 482 g/mol. The van der Waals surface area contributed by atoms with Crippen molar-refractivity contribution in [3.8, 4) is 11.5 Å². The average Bonchev–Trinajstić information content (AvgIpc) is 2.67. The third kappa shape index (κ3) is 6.38. The van der Waals surface area contributed by atoms with Gasteiger partial charge in [-0.15, -0.1) is 0 Å². The molecule has 10 nitrogen and oxygen atoms in total. The molecule has 0 amide bonds. The Labute approximate surface area is 227 Å². The van der Waals surface area contributed by atoms with Gasteiger partial charge < -0.3 is 19.3 Å². The summed E-state index contributed by atoms with van der Waals surface area (Å²) in [7, 11) is -9.09. The summed E-state index contributed by atoms with van der Waals surface area (Å²) in [5.41, 5.74) is 0.212. The second-order valence-electron chi connectivity index (χ2n) is 5.87. The molecule has 0 spiro atoms. The maximum atomic E-state index is 10.9. The number of pyridine rings is 2. The molecule has 0 aliphatic carbocycles. The summed E-state index contributed by atoms with van der Waals surface area (Å²) >= 11 is 0. The van der Waals surface area contributed by atoms with Crippen LogP contribution in [0.3, 0.4) is 0 Å². The van der Waals surface area contributed by atoms with E-state index in [0.717, 1.165) is 24.3 Å². The first-order valence-electron chi connectivity index (χ1n) is 8.05. The number of aromatic hydroxyl groups is 2. The summed E-state index contributed by atoms with van der Waals surface area (Å²) in [4.78, 5) is 6.86. The summed E-state index contributed by atoms with van der Waals surface area (Å²) < 4.78 is 65.4. The van der Waals surface area contributed by atoms with E-state index in [1.807, 2.05) is 0 Å². The Morgan fingerprint density at radius 1 is 0.625 bits per heavy atom. The Balaban J connectivity index is 0.000000301. The van der Waals surface area contributed by atoms with E-state index >= 15 is 0 Å². The quantitative estimate of drug-likeness (QED) is 0.204. The summed E-state index contributed by atoms with van der Waals surface area (Å²) in [6.07, 6.45) is 2.81. The third-order valence-electron chi connectivity index (χ3n) is 3.96. The van der Waals surface area contributed by atoms with E-state index in [1.54, 1.807) is 0 Å². The van der Waals surface area contributed by atoms with Crippen molar-refractivity contribution in [2.75, 3.05) is 0 Å². The zero-order valence-corrected chi connectivity index (χ0v) is 22.5. The van der Waals surface area contributed by atoms with Gasteiger partial charge in [-0.1, -0.05) is 0 Å². The largest absolute Gasteiger partial charge is 1.00 e. The van der Waals surface area contributed by atoms with Gasteiger partial charge in [-0.05, 0) is 48.5 Å². The van der Waals surface area contributed by atoms with Gasteiger partial charge >= 0.3 is 59.1 Å². The molecule has 0 fully saturated rings. The summed E-state index contributed by atoms with van der Waals surface area (Å²) in [6.45, 7) is 0. The van der Waals surface area contributed by atoms with Crippen molar-refractivity contribution in [3.63, 3.8) is 0 Å². The standard InChI is InChI=1S/2C9H7NO4S.2Na/c2*11-7-3-4-8(15(12,13)14)6-2-1-5-10-9(6)7;;/h2*1-5,11H,(H,12,13,14);;/q;;2*+1/p-2. The summed E-state index contributed by atoms with van der Waals surface area (Å²) in [5.74, 6) is -0.309. The minimum Gasteiger partial charge on any atom is -0.744 e. The number of hydrogen-bond donors (Lipinski definition) is 2. The van der Waals surface area contributed by atoms with Crippen LogP contribution in [0.25, 0.3) is 21.8 Å². The minimum absolute atomic E-state index is 0. The summed E-state index contributed by atoms with van der Waals surface area (Å²) in [6, 6.07) is 10.3. The van der Waals surface area contributed by atoms with Crippen LogP contribution in [0.5, 0.6) is 11.5 Å². The fourth-order valence-corrected chi connectivity index (χ4v) is 4.04. The zero-order chi connectivity index (χ0) is 22.1. The minimum atomic E-state index is -4.55. The van der Waals surface area contributed by atoms with Crippen molar-refractivity contribution in [1.82, 2.24) is 9.97 Å². The zero-order valence-electron chi connectivity index (χ0n) is 16.8. The van der Waals surface area contributed by atoms with Gasteiger partial charge in [0.25, 0.3) is 0 Å². The van der Waals surface area contributed by atoms with E-state index in [-0.39, 0.29) is 102 Å². The van der Waals surface area contributed by atoms with E-state index in [9.17, 15) is 36.2 Å². The Bertz CT molecular complexity index is 1370. The van der Waals surface area contributed by atoms with E-state index in [4.69, 9.17) is 0 Å². The molecule has 0 saturated carbocycles. The van der Waals surface area contributed by atoms with Gasteiger partial charge in [-0.25, -0.2) is 16.8 Å². The molecule has 14 heteroatoms. The van der Waals surface area contributed by atoms with Gasteiger partial charge in [0.1, 0.15) is 42.8 Å². The van der Waals surface area contributed by atoms with Crippen LogP contribution in [0.2, 0.25) is 0 Å². The first-order valence-corrected chi connectivity index (χ1v) is 10.9. The molecule has 0 aliphatic heterocycles. The number of benzene rings is 2. The molecule has 4 rings (SSSR count). The SMILES string of the molecule is O=S(=O)([O-])c1ccc(O)c2ncccc12.O=S(=O)([O-])c1ccc(O)c2ncccc12.[Na+].[Na+]. The molecule has 2 heterocycles. The molecule has 4 aromatic rings. The van der Waals surface area contributed by atoms with Gasteiger partial charge in [0.05, 0.1) is 9.79 Å². The summed E-state index contributed by atoms with van der Waals surface area (Å²) in [5, 5.41) is 19.1. The molecule has 2 N–H and O–H groups in total. The first kappa shape index (κ1) is 28.7. The molecular formula is C18H12N2Na2O8S2. The fourth-order valence-electron chi connectivity index (χ4n) is 2.70. The predicted octanol–water partition coefficient (Wildman–Crippen LogP) is -4.30. The molecule has 0 atom stereocenters. The first-order chi connectivity index (χ1) is 14.0. The van der Waals surface area contributed by atoms with Gasteiger partial charge in [0.2, 0.25) is 0 Å². The molecule has 0 saturated heterocycles. The number of rotatable bonds is 2. The maximum Gasteiger partial charge on any atom is 1.00 e. The Morgan fingerprint density at radius 3 is 1.28 bits per heavy atom. The average molecular weight is 494 g/mol. The van der Waals surface area contributed by atoms with Gasteiger partial charge in [-0.2, -0.15) is 0 Å². The van der Waals surface area contributed by atoms with Crippen LogP contribution in [0.15, 0.2) is 70.7 Å². The van der Waals surface area contributed by atoms with E-state index in [1.165, 1.54) is 36.7 Å². The number of nitrogens with zero attached hydrogens (tertiary/aromatic N) is 2. The predicted molar refractivity (Wildman–Crippen MR) is 103 cm³/mol. The van der Waals surface area contributed by atoms with Crippen molar-refractivity contribution in [2.45, 2.75) is 9.79 Å². The van der Waals surface area contributed by atoms with Crippen LogP contribution < -0.4 is 59.1 Å². The van der Waals surface area contributed by atoms with E-state index in [0.29, 0.717) is 0 Å². The van der Waals surface area contributed by atoms with Crippen LogP contribution in [0.1, 0.15) is 0 Å². The number of phenols is 2. The number of hydrogen-bond acceptors (Lipinski definition) is 10. The third-order valence-corrected chi connectivity index (χ3v) is 5.74. The molecule has 0 unspecified atom stereocenters. The van der Waals surface area contributed by atoms with Crippen molar-refractivity contribution in [2.24, 2.45) is 0 Å². The molecule has 32 heavy (non-hydrogen) atoms.